The Kier molecular flexibility index (Phi) is 0.955. The molecule has 2 rings (SSSR count). The third kappa shape index (κ3) is 0.745. The predicted molar refractivity (Wildman–Crippen MR) is 30.1 cm³/mol. The average Bonchev–Trinajstić information content (AvgIpc) is 2.20. The van der Waals surface area contributed by atoms with Gasteiger partial charge in [-0.25, -0.2) is 4.99 Å². The zero-order valence-electron chi connectivity index (χ0n) is 4.85. The molecule has 0 atom stereocenters. The lowest BCUT2D eigenvalue weighted by atomic mass is 10.7. The van der Waals surface area contributed by atoms with Crippen LogP contribution in [0.4, 0.5) is 0 Å². The lowest BCUT2D eigenvalue weighted by Crippen LogP contribution is -2.19. The Morgan fingerprint density at radius 2 is 2.40 bits per heavy atom. The molecule has 10 heavy (non-hydrogen) atoms. The first-order valence-corrected chi connectivity index (χ1v) is 3.97. The Morgan fingerprint density at radius 3 is 3.10 bits per heavy atom. The van der Waals surface area contributed by atoms with Gasteiger partial charge in [-0.2, -0.15) is 13.5 Å². The van der Waals surface area contributed by atoms with Crippen molar-refractivity contribution >= 4 is 16.4 Å². The van der Waals surface area contributed by atoms with Crippen molar-refractivity contribution in [1.82, 2.24) is 5.06 Å². The second-order valence-corrected chi connectivity index (χ2v) is 2.96. The quantitative estimate of drug-likeness (QED) is 0.453. The van der Waals surface area contributed by atoms with Gasteiger partial charge in [-0.1, -0.05) is 0 Å². The van der Waals surface area contributed by atoms with Crippen molar-refractivity contribution in [1.29, 1.82) is 0 Å². The van der Waals surface area contributed by atoms with Gasteiger partial charge in [-0.15, -0.1) is 4.28 Å². The molecule has 0 aromatic rings. The van der Waals surface area contributed by atoms with E-state index in [2.05, 4.69) is 13.5 Å². The molecular weight excluding hydrogens is 160 g/mol. The van der Waals surface area contributed by atoms with E-state index in [1.165, 1.54) is 0 Å². The number of nitrogens with zero attached hydrogens (tertiary/aromatic N) is 2. The highest BCUT2D eigenvalue weighted by Crippen LogP contribution is 2.17. The Balaban J connectivity index is 2.35. The second-order valence-electron chi connectivity index (χ2n) is 1.83. The number of amidine groups is 1. The van der Waals surface area contributed by atoms with Gasteiger partial charge in [-0.3, -0.25) is 0 Å². The SMILES string of the molecule is O=S1(=O)OC2=NCCN2O1. The van der Waals surface area contributed by atoms with Crippen LogP contribution < -0.4 is 0 Å². The van der Waals surface area contributed by atoms with E-state index in [0.29, 0.717) is 13.1 Å². The first-order valence-electron chi connectivity index (χ1n) is 2.63. The smallest absolute Gasteiger partial charge is 0.321 e. The molecule has 0 aromatic carbocycles. The van der Waals surface area contributed by atoms with Crippen molar-refractivity contribution in [3.8, 4) is 0 Å². The van der Waals surface area contributed by atoms with Crippen LogP contribution in [-0.2, 0) is 18.9 Å². The average molecular weight is 164 g/mol. The summed E-state index contributed by atoms with van der Waals surface area (Å²) in [7, 11) is -3.81. The zero-order chi connectivity index (χ0) is 7.19. The van der Waals surface area contributed by atoms with Gasteiger partial charge in [0.2, 0.25) is 0 Å². The van der Waals surface area contributed by atoms with Crippen molar-refractivity contribution in [2.24, 2.45) is 4.99 Å². The van der Waals surface area contributed by atoms with E-state index in [-0.39, 0.29) is 6.02 Å². The molecule has 6 nitrogen and oxygen atoms in total. The van der Waals surface area contributed by atoms with Gasteiger partial charge in [0.25, 0.3) is 0 Å². The summed E-state index contributed by atoms with van der Waals surface area (Å²) in [6.07, 6.45) is 0. The Labute approximate surface area is 57.3 Å². The molecule has 0 aromatic heterocycles. The van der Waals surface area contributed by atoms with Crippen molar-refractivity contribution < 1.29 is 16.9 Å². The number of aliphatic imine (C=N–C) groups is 1. The molecule has 0 bridgehead atoms. The van der Waals surface area contributed by atoms with E-state index >= 15 is 0 Å². The molecule has 0 amide bonds. The Hall–Kier alpha value is -0.820. The van der Waals surface area contributed by atoms with Gasteiger partial charge in [0.05, 0.1) is 13.1 Å². The summed E-state index contributed by atoms with van der Waals surface area (Å²) >= 11 is 0. The van der Waals surface area contributed by atoms with Gasteiger partial charge in [0.15, 0.2) is 0 Å². The molecule has 2 aliphatic heterocycles. The molecule has 56 valence electrons. The summed E-state index contributed by atoms with van der Waals surface area (Å²) in [6.45, 7) is 0.958. The summed E-state index contributed by atoms with van der Waals surface area (Å²) in [5.74, 6) is 0. The van der Waals surface area contributed by atoms with Crippen molar-refractivity contribution in [3.63, 3.8) is 0 Å². The van der Waals surface area contributed by atoms with Gasteiger partial charge in [0, 0.05) is 0 Å². The molecule has 2 heterocycles. The van der Waals surface area contributed by atoms with Crippen LogP contribution in [0.2, 0.25) is 0 Å². The maximum atomic E-state index is 10.5. The monoisotopic (exact) mass is 164 g/mol. The van der Waals surface area contributed by atoms with Crippen LogP contribution >= 0.6 is 0 Å². The van der Waals surface area contributed by atoms with Crippen LogP contribution in [0.5, 0.6) is 0 Å². The molecule has 7 heteroatoms. The molecule has 1 saturated heterocycles. The standard InChI is InChI=1S/C3H4N2O4S/c6-10(7)8-3-4-1-2-5(3)9-10/h1-2H2. The highest BCUT2D eigenvalue weighted by molar-refractivity contribution is 7.82. The van der Waals surface area contributed by atoms with Crippen LogP contribution in [-0.4, -0.2) is 32.6 Å². The minimum atomic E-state index is -3.81. The highest BCUT2D eigenvalue weighted by atomic mass is 32.3. The number of fused-ring (bicyclic) bond motifs is 1. The fourth-order valence-corrected chi connectivity index (χ4v) is 1.47. The van der Waals surface area contributed by atoms with E-state index < -0.39 is 10.4 Å². The van der Waals surface area contributed by atoms with E-state index in [9.17, 15) is 8.42 Å². The number of hydroxylamine groups is 2. The number of hydrogen-bond donors (Lipinski definition) is 0. The van der Waals surface area contributed by atoms with Gasteiger partial charge >= 0.3 is 16.4 Å². The van der Waals surface area contributed by atoms with Crippen LogP contribution in [0.3, 0.4) is 0 Å². The maximum Gasteiger partial charge on any atom is 0.473 e. The van der Waals surface area contributed by atoms with E-state index in [1.807, 2.05) is 0 Å². The maximum absolute atomic E-state index is 10.5. The van der Waals surface area contributed by atoms with E-state index in [0.717, 1.165) is 5.06 Å². The number of rotatable bonds is 0. The topological polar surface area (TPSA) is 68.2 Å². The molecule has 0 unspecified atom stereocenters. The first kappa shape index (κ1) is 5.93. The summed E-state index contributed by atoms with van der Waals surface area (Å²) < 4.78 is 29.6. The minimum Gasteiger partial charge on any atom is -0.321 e. The lowest BCUT2D eigenvalue weighted by Gasteiger charge is -1.99. The van der Waals surface area contributed by atoms with Crippen molar-refractivity contribution in [2.75, 3.05) is 13.1 Å². The lowest BCUT2D eigenvalue weighted by molar-refractivity contribution is 0.0525. The summed E-state index contributed by atoms with van der Waals surface area (Å²) in [5, 5.41) is 1.11. The predicted octanol–water partition coefficient (Wildman–Crippen LogP) is -1.14. The molecule has 2 aliphatic rings. The minimum absolute atomic E-state index is 0.0417. The Bertz CT molecular complexity index is 281. The van der Waals surface area contributed by atoms with Gasteiger partial charge in [0.1, 0.15) is 0 Å². The van der Waals surface area contributed by atoms with Crippen LogP contribution in [0, 0.1) is 0 Å². The molecule has 0 saturated carbocycles. The second kappa shape index (κ2) is 1.61. The molecule has 0 aliphatic carbocycles. The molecular formula is C3H4N2O4S. The third-order valence-electron chi connectivity index (χ3n) is 1.12. The summed E-state index contributed by atoms with van der Waals surface area (Å²) in [4.78, 5) is 3.71. The van der Waals surface area contributed by atoms with Crippen molar-refractivity contribution in [3.05, 3.63) is 0 Å². The molecule has 0 N–H and O–H groups in total. The van der Waals surface area contributed by atoms with Crippen molar-refractivity contribution in [2.45, 2.75) is 0 Å². The summed E-state index contributed by atoms with van der Waals surface area (Å²) in [5.41, 5.74) is 0. The molecule has 1 fully saturated rings. The van der Waals surface area contributed by atoms with Gasteiger partial charge < -0.3 is 4.18 Å². The fraction of sp³-hybridized carbons (Fsp3) is 0.667. The van der Waals surface area contributed by atoms with Crippen LogP contribution in [0.1, 0.15) is 0 Å². The molecule has 0 radical (unpaired) electrons. The van der Waals surface area contributed by atoms with Crippen LogP contribution in [0.25, 0.3) is 0 Å². The first-order chi connectivity index (χ1) is 4.67. The summed E-state index contributed by atoms with van der Waals surface area (Å²) in [6, 6.07) is 0.0417. The Morgan fingerprint density at radius 1 is 1.60 bits per heavy atom. The molecule has 0 spiro atoms. The van der Waals surface area contributed by atoms with E-state index in [4.69, 9.17) is 0 Å². The highest BCUT2D eigenvalue weighted by Gasteiger charge is 2.37. The zero-order valence-corrected chi connectivity index (χ0v) is 5.67. The third-order valence-corrected chi connectivity index (χ3v) is 1.84. The fourth-order valence-electron chi connectivity index (χ4n) is 0.765. The number of hydrogen-bond acceptors (Lipinski definition) is 6. The van der Waals surface area contributed by atoms with E-state index in [1.54, 1.807) is 0 Å². The van der Waals surface area contributed by atoms with Crippen LogP contribution in [0.15, 0.2) is 4.99 Å². The largest absolute Gasteiger partial charge is 0.473 e. The normalized spacial score (nSPS) is 27.6. The van der Waals surface area contributed by atoms with Gasteiger partial charge in [-0.05, 0) is 0 Å².